The number of pyridine rings is 1. The fraction of sp³-hybridized carbons (Fsp3) is 0.391. The number of aryl methyl sites for hydroxylation is 3. The van der Waals surface area contributed by atoms with Crippen LogP contribution in [0.3, 0.4) is 0 Å². The first kappa shape index (κ1) is 27.1. The molecule has 1 atom stereocenters. The van der Waals surface area contributed by atoms with Crippen molar-refractivity contribution in [2.45, 2.75) is 45.6 Å². The quantitative estimate of drug-likeness (QED) is 0.505. The maximum Gasteiger partial charge on any atom is 0.573 e. The molecule has 1 aliphatic heterocycles. The van der Waals surface area contributed by atoms with Crippen molar-refractivity contribution in [2.75, 3.05) is 24.4 Å². The Morgan fingerprint density at radius 3 is 2.58 bits per heavy atom. The van der Waals surface area contributed by atoms with E-state index in [4.69, 9.17) is 4.74 Å². The van der Waals surface area contributed by atoms with Gasteiger partial charge in [0.15, 0.2) is 0 Å². The van der Waals surface area contributed by atoms with Crippen LogP contribution in [0.2, 0.25) is 0 Å². The van der Waals surface area contributed by atoms with Crippen molar-refractivity contribution in [1.29, 1.82) is 0 Å². The number of methoxy groups -OCH3 is 1. The first-order valence-corrected chi connectivity index (χ1v) is 10.9. The van der Waals surface area contributed by atoms with E-state index in [0.717, 1.165) is 17.1 Å². The summed E-state index contributed by atoms with van der Waals surface area (Å²) in [5, 5.41) is 11.1. The van der Waals surface area contributed by atoms with E-state index in [0.29, 0.717) is 24.2 Å². The Bertz CT molecular complexity index is 1250. The monoisotopic (exact) mass is 524 g/mol. The van der Waals surface area contributed by atoms with Gasteiger partial charge in [0.05, 0.1) is 36.4 Å². The van der Waals surface area contributed by atoms with Crippen LogP contribution in [0.15, 0.2) is 30.5 Å². The van der Waals surface area contributed by atoms with Crippen molar-refractivity contribution >= 4 is 30.8 Å². The predicted octanol–water partition coefficient (Wildman–Crippen LogP) is 3.61. The number of amides is 1. The largest absolute Gasteiger partial charge is 0.573 e. The van der Waals surface area contributed by atoms with Crippen LogP contribution < -0.4 is 19.7 Å². The molecule has 194 valence electrons. The summed E-state index contributed by atoms with van der Waals surface area (Å²) in [6.07, 6.45) is -2.04. The number of carbonyl (C=O) groups excluding carboxylic acids is 1. The molecular formula is C23H27F3N6O3S. The molecule has 0 unspecified atom stereocenters. The number of halogens is 3. The van der Waals surface area contributed by atoms with Gasteiger partial charge in [0.25, 0.3) is 0 Å². The number of likely N-dealkylation sites (N-methyl/N-ethyl adjacent to an activating group) is 1. The smallest absolute Gasteiger partial charge is 0.497 e. The van der Waals surface area contributed by atoms with E-state index in [9.17, 15) is 18.0 Å². The average molecular weight is 525 g/mol. The molecule has 0 saturated carbocycles. The summed E-state index contributed by atoms with van der Waals surface area (Å²) < 4.78 is 49.1. The standard InChI is InChI=1S/C23H25F3N6O3.H2S/c1-13-21-19(31(3)14(2)22(33)28-21)9-16(27-13)6-7-17-12-32(30-29-17)11-15-5-8-18(34-4)10-20(15)35-23(24,25)26;/h5,8-10,12,14H,6-7,11H2,1-4H3,(H,28,33);1H2/t14-;/m0./s1. The van der Waals surface area contributed by atoms with Crippen LogP contribution in [0, 0.1) is 6.92 Å². The molecule has 3 heterocycles. The van der Waals surface area contributed by atoms with Gasteiger partial charge in [-0.15, -0.1) is 18.3 Å². The number of nitrogens with one attached hydrogen (secondary N) is 1. The van der Waals surface area contributed by atoms with Gasteiger partial charge in [-0.25, -0.2) is 4.68 Å². The van der Waals surface area contributed by atoms with Crippen LogP contribution in [-0.2, 0) is 24.2 Å². The van der Waals surface area contributed by atoms with E-state index in [1.54, 1.807) is 12.3 Å². The van der Waals surface area contributed by atoms with Gasteiger partial charge in [0, 0.05) is 30.6 Å². The summed E-state index contributed by atoms with van der Waals surface area (Å²) in [4.78, 5) is 18.6. The highest BCUT2D eigenvalue weighted by Crippen LogP contribution is 2.34. The molecule has 0 radical (unpaired) electrons. The Kier molecular flexibility index (Phi) is 8.02. The molecule has 0 saturated heterocycles. The molecule has 36 heavy (non-hydrogen) atoms. The van der Waals surface area contributed by atoms with Crippen molar-refractivity contribution in [3.05, 3.63) is 53.1 Å². The molecule has 2 aromatic heterocycles. The Hall–Kier alpha value is -3.48. The predicted molar refractivity (Wildman–Crippen MR) is 132 cm³/mol. The van der Waals surface area contributed by atoms with Crippen molar-refractivity contribution in [3.8, 4) is 11.5 Å². The lowest BCUT2D eigenvalue weighted by molar-refractivity contribution is -0.274. The minimum atomic E-state index is -4.83. The van der Waals surface area contributed by atoms with Crippen molar-refractivity contribution in [3.63, 3.8) is 0 Å². The highest BCUT2D eigenvalue weighted by Gasteiger charge is 2.32. The van der Waals surface area contributed by atoms with Gasteiger partial charge < -0.3 is 19.7 Å². The van der Waals surface area contributed by atoms with Gasteiger partial charge in [0.2, 0.25) is 5.91 Å². The average Bonchev–Trinajstić information content (AvgIpc) is 3.24. The summed E-state index contributed by atoms with van der Waals surface area (Å²) in [5.74, 6) is -0.178. The molecule has 0 fully saturated rings. The number of ether oxygens (including phenoxy) is 2. The molecule has 1 aliphatic rings. The van der Waals surface area contributed by atoms with Gasteiger partial charge in [-0.2, -0.15) is 13.5 Å². The SMILES string of the molecule is COc1ccc(Cn2cc(CCc3cc4c(c(C)n3)NC(=O)[C@H](C)N4C)nn2)c(OC(F)(F)F)c1.S. The summed E-state index contributed by atoms with van der Waals surface area (Å²) in [6.45, 7) is 3.72. The molecule has 1 amide bonds. The molecule has 0 spiro atoms. The number of hydrogen-bond donors (Lipinski definition) is 1. The van der Waals surface area contributed by atoms with E-state index in [-0.39, 0.29) is 49.1 Å². The van der Waals surface area contributed by atoms with Crippen molar-refractivity contribution < 1.29 is 27.4 Å². The minimum absolute atomic E-state index is 0. The third-order valence-corrected chi connectivity index (χ3v) is 5.88. The first-order chi connectivity index (χ1) is 16.5. The maximum absolute atomic E-state index is 12.8. The number of alkyl halides is 3. The van der Waals surface area contributed by atoms with Gasteiger partial charge in [-0.1, -0.05) is 5.21 Å². The molecule has 1 N–H and O–H groups in total. The van der Waals surface area contributed by atoms with Crippen LogP contribution in [-0.4, -0.2) is 52.4 Å². The first-order valence-electron chi connectivity index (χ1n) is 10.9. The third kappa shape index (κ3) is 6.01. The number of nitrogens with zero attached hydrogens (tertiary/aromatic N) is 5. The van der Waals surface area contributed by atoms with E-state index >= 15 is 0 Å². The molecule has 0 aliphatic carbocycles. The number of benzene rings is 1. The molecule has 4 rings (SSSR count). The van der Waals surface area contributed by atoms with Crippen LogP contribution in [0.5, 0.6) is 11.5 Å². The van der Waals surface area contributed by atoms with Gasteiger partial charge >= 0.3 is 6.36 Å². The topological polar surface area (TPSA) is 94.4 Å². The van der Waals surface area contributed by atoms with Crippen LogP contribution in [0.4, 0.5) is 24.5 Å². The zero-order valence-corrected chi connectivity index (χ0v) is 21.2. The van der Waals surface area contributed by atoms with Crippen molar-refractivity contribution in [2.24, 2.45) is 0 Å². The number of carbonyl (C=O) groups is 1. The van der Waals surface area contributed by atoms with E-state index in [2.05, 4.69) is 25.3 Å². The molecule has 13 heteroatoms. The van der Waals surface area contributed by atoms with Crippen molar-refractivity contribution in [1.82, 2.24) is 20.0 Å². The Morgan fingerprint density at radius 2 is 1.89 bits per heavy atom. The second kappa shape index (κ2) is 10.6. The molecule has 3 aromatic rings. The highest BCUT2D eigenvalue weighted by molar-refractivity contribution is 7.59. The molecule has 1 aromatic carbocycles. The number of anilines is 2. The number of hydrogen-bond acceptors (Lipinski definition) is 7. The molecular weight excluding hydrogens is 497 g/mol. The second-order valence-corrected chi connectivity index (χ2v) is 8.30. The fourth-order valence-electron chi connectivity index (χ4n) is 3.86. The normalized spacial score (nSPS) is 15.1. The van der Waals surface area contributed by atoms with Crippen LogP contribution in [0.1, 0.15) is 29.6 Å². The van der Waals surface area contributed by atoms with Crippen LogP contribution >= 0.6 is 13.5 Å². The minimum Gasteiger partial charge on any atom is -0.497 e. The highest BCUT2D eigenvalue weighted by atomic mass is 32.1. The van der Waals surface area contributed by atoms with E-state index < -0.39 is 6.36 Å². The maximum atomic E-state index is 12.8. The van der Waals surface area contributed by atoms with E-state index in [1.165, 1.54) is 23.9 Å². The van der Waals surface area contributed by atoms with Gasteiger partial charge in [0.1, 0.15) is 17.5 Å². The number of fused-ring (bicyclic) bond motifs is 1. The van der Waals surface area contributed by atoms with Gasteiger partial charge in [-0.05, 0) is 44.9 Å². The molecule has 0 bridgehead atoms. The Balaban J connectivity index is 0.00000361. The van der Waals surface area contributed by atoms with E-state index in [1.807, 2.05) is 31.9 Å². The summed E-state index contributed by atoms with van der Waals surface area (Å²) in [7, 11) is 3.23. The summed E-state index contributed by atoms with van der Waals surface area (Å²) in [5.41, 5.74) is 4.13. The number of aromatic nitrogens is 4. The lowest BCUT2D eigenvalue weighted by Gasteiger charge is -2.34. The zero-order chi connectivity index (χ0) is 25.3. The molecule has 9 nitrogen and oxygen atoms in total. The van der Waals surface area contributed by atoms with Crippen LogP contribution in [0.25, 0.3) is 0 Å². The lowest BCUT2D eigenvalue weighted by Crippen LogP contribution is -2.44. The Morgan fingerprint density at radius 1 is 1.17 bits per heavy atom. The lowest BCUT2D eigenvalue weighted by atomic mass is 10.1. The zero-order valence-electron chi connectivity index (χ0n) is 20.2. The fourth-order valence-corrected chi connectivity index (χ4v) is 3.86. The number of rotatable bonds is 7. The Labute approximate surface area is 213 Å². The second-order valence-electron chi connectivity index (χ2n) is 8.30. The van der Waals surface area contributed by atoms with Gasteiger partial charge in [-0.3, -0.25) is 9.78 Å². The summed E-state index contributed by atoms with van der Waals surface area (Å²) in [6, 6.07) is 5.89. The summed E-state index contributed by atoms with van der Waals surface area (Å²) >= 11 is 0. The third-order valence-electron chi connectivity index (χ3n) is 5.88.